The first-order chi connectivity index (χ1) is 18.5. The molecule has 8 nitrogen and oxygen atoms in total. The van der Waals surface area contributed by atoms with E-state index in [9.17, 15) is 9.90 Å². The summed E-state index contributed by atoms with van der Waals surface area (Å²) >= 11 is 0. The van der Waals surface area contributed by atoms with E-state index < -0.39 is 0 Å². The van der Waals surface area contributed by atoms with Crippen molar-refractivity contribution in [3.63, 3.8) is 0 Å². The van der Waals surface area contributed by atoms with E-state index in [0.717, 1.165) is 66.0 Å². The van der Waals surface area contributed by atoms with Gasteiger partial charge in [0.1, 0.15) is 25.9 Å². The van der Waals surface area contributed by atoms with Crippen molar-refractivity contribution < 1.29 is 29.8 Å². The summed E-state index contributed by atoms with van der Waals surface area (Å²) in [5.74, 6) is 0.0930. The van der Waals surface area contributed by atoms with Gasteiger partial charge in [-0.05, 0) is 86.8 Å². The molecule has 3 aromatic carbocycles. The molecule has 8 heteroatoms. The van der Waals surface area contributed by atoms with Crippen LogP contribution in [0.4, 0.5) is 0 Å². The maximum atomic E-state index is 13.1. The summed E-state index contributed by atoms with van der Waals surface area (Å²) in [6, 6.07) is 18.8. The number of phenolic OH excluding ortho intramolecular Hbond substituents is 1. The molecule has 208 valence electrons. The molecule has 0 aliphatic carbocycles. The molecule has 0 atom stereocenters. The lowest BCUT2D eigenvalue weighted by Crippen LogP contribution is -2.04. The van der Waals surface area contributed by atoms with Gasteiger partial charge in [-0.15, -0.1) is 0 Å². The van der Waals surface area contributed by atoms with Gasteiger partial charge in [0.25, 0.3) is 0 Å². The smallest absolute Gasteiger partial charge is 0.193 e. The maximum absolute atomic E-state index is 13.1. The van der Waals surface area contributed by atoms with E-state index >= 15 is 0 Å². The monoisotopic (exact) mass is 534 g/mol. The zero-order valence-electron chi connectivity index (χ0n) is 23.1. The predicted molar refractivity (Wildman–Crippen MR) is 157 cm³/mol. The Labute approximate surface area is 229 Å². The Morgan fingerprint density at radius 2 is 1.54 bits per heavy atom. The zero-order chi connectivity index (χ0) is 28.1. The fourth-order valence-electron chi connectivity index (χ4n) is 4.43. The van der Waals surface area contributed by atoms with Crippen LogP contribution in [0.1, 0.15) is 61.5 Å². The Morgan fingerprint density at radius 3 is 2.10 bits per heavy atom. The Morgan fingerprint density at radius 1 is 0.974 bits per heavy atom. The summed E-state index contributed by atoms with van der Waals surface area (Å²) in [7, 11) is 1.59. The van der Waals surface area contributed by atoms with E-state index in [1.807, 2.05) is 25.0 Å². The minimum atomic E-state index is -0.0560. The number of phenols is 1. The third-order valence-corrected chi connectivity index (χ3v) is 6.08. The van der Waals surface area contributed by atoms with Crippen LogP contribution in [0.5, 0.6) is 5.75 Å². The Hall–Kier alpha value is -4.30. The van der Waals surface area contributed by atoms with Crippen LogP contribution in [-0.2, 0) is 27.4 Å². The number of unbranched alkanes of at least 4 members (excludes halogenated alkanes) is 1. The summed E-state index contributed by atoms with van der Waals surface area (Å²) in [5.41, 5.74) is 5.69. The first kappa shape index (κ1) is 32.7. The van der Waals surface area contributed by atoms with Crippen LogP contribution < -0.4 is 0 Å². The molecule has 1 heterocycles. The highest BCUT2D eigenvalue weighted by atomic mass is 16.6. The van der Waals surface area contributed by atoms with Crippen molar-refractivity contribution in [2.45, 2.75) is 53.0 Å². The average molecular weight is 535 g/mol. The van der Waals surface area contributed by atoms with Gasteiger partial charge in [-0.3, -0.25) is 4.79 Å². The van der Waals surface area contributed by atoms with Gasteiger partial charge in [-0.2, -0.15) is 0 Å². The molecule has 0 amide bonds. The summed E-state index contributed by atoms with van der Waals surface area (Å²) in [6.07, 6.45) is 4.62. The highest BCUT2D eigenvalue weighted by Gasteiger charge is 2.15. The van der Waals surface area contributed by atoms with Crippen LogP contribution in [0, 0.1) is 0 Å². The van der Waals surface area contributed by atoms with Crippen molar-refractivity contribution in [3.05, 3.63) is 77.4 Å². The van der Waals surface area contributed by atoms with Gasteiger partial charge in [0.15, 0.2) is 5.78 Å². The second kappa shape index (κ2) is 16.5. The van der Waals surface area contributed by atoms with Crippen molar-refractivity contribution in [3.8, 4) is 5.75 Å². The highest BCUT2D eigenvalue weighted by Crippen LogP contribution is 2.31. The van der Waals surface area contributed by atoms with E-state index in [1.54, 1.807) is 31.4 Å². The Kier molecular flexibility index (Phi) is 13.9. The number of rotatable bonds is 9. The SMILES string of the molecule is C=O.CC=O.CCCC/C(Cc1ccc2c(c1)c1cc(C(=O)c3ccc(O)cc3)ccc1n2CC)=N\OC.O. The lowest BCUT2D eigenvalue weighted by molar-refractivity contribution is -0.106. The molecule has 39 heavy (non-hydrogen) atoms. The van der Waals surface area contributed by atoms with Crippen LogP contribution in [0.25, 0.3) is 21.8 Å². The minimum Gasteiger partial charge on any atom is -0.508 e. The number of oxime groups is 1. The van der Waals surface area contributed by atoms with Crippen LogP contribution in [0.15, 0.2) is 65.8 Å². The quantitative estimate of drug-likeness (QED) is 0.128. The average Bonchev–Trinajstić information content (AvgIpc) is 3.25. The molecule has 0 radical (unpaired) electrons. The Bertz CT molecular complexity index is 1390. The van der Waals surface area contributed by atoms with E-state index in [1.165, 1.54) is 12.5 Å². The normalized spacial score (nSPS) is 10.5. The fraction of sp³-hybridized carbons (Fsp3) is 0.290. The molecular weight excluding hydrogens is 496 g/mol. The van der Waals surface area contributed by atoms with E-state index in [-0.39, 0.29) is 17.0 Å². The van der Waals surface area contributed by atoms with E-state index in [0.29, 0.717) is 11.1 Å². The van der Waals surface area contributed by atoms with Crippen LogP contribution in [0.2, 0.25) is 0 Å². The molecule has 4 aromatic rings. The van der Waals surface area contributed by atoms with Crippen molar-refractivity contribution in [1.29, 1.82) is 0 Å². The number of hydrogen-bond donors (Lipinski definition) is 1. The number of aryl methyl sites for hydroxylation is 1. The first-order valence-corrected chi connectivity index (χ1v) is 12.6. The number of hydrogen-bond acceptors (Lipinski definition) is 6. The first-order valence-electron chi connectivity index (χ1n) is 12.6. The van der Waals surface area contributed by atoms with Gasteiger partial charge >= 0.3 is 0 Å². The second-order valence-electron chi connectivity index (χ2n) is 8.56. The zero-order valence-corrected chi connectivity index (χ0v) is 23.1. The number of aromatic nitrogens is 1. The lowest BCUT2D eigenvalue weighted by atomic mass is 9.99. The highest BCUT2D eigenvalue weighted by molar-refractivity contribution is 6.14. The van der Waals surface area contributed by atoms with E-state index in [2.05, 4.69) is 41.8 Å². The predicted octanol–water partition coefficient (Wildman–Crippen LogP) is 5.68. The maximum Gasteiger partial charge on any atom is 0.193 e. The number of nitrogens with zero attached hydrogens (tertiary/aromatic N) is 2. The molecular formula is C31H38N2O6. The van der Waals surface area contributed by atoms with Crippen molar-refractivity contribution >= 4 is 46.4 Å². The molecule has 0 aliphatic heterocycles. The standard InChI is InChI=1S/C28H30N2O3.C2H4O.CH2O.H2O/c1-4-6-7-22(29-33-3)16-19-8-14-26-24(17-19)25-18-21(11-15-27(25)30(26)5-2)28(32)20-9-12-23(31)13-10-20;1-2-3;1-2;/h8-15,17-18,31H,4-7,16H2,1-3H3;2H,1H3;1H2;1H2/b29-22+;;;. The summed E-state index contributed by atoms with van der Waals surface area (Å²) in [5, 5.41) is 16.0. The third kappa shape index (κ3) is 8.09. The van der Waals surface area contributed by atoms with Gasteiger partial charge in [-0.25, -0.2) is 0 Å². The fourth-order valence-corrected chi connectivity index (χ4v) is 4.43. The summed E-state index contributed by atoms with van der Waals surface area (Å²) in [6.45, 7) is 8.60. The Balaban J connectivity index is 0.00000119. The summed E-state index contributed by atoms with van der Waals surface area (Å²) < 4.78 is 2.28. The van der Waals surface area contributed by atoms with Crippen molar-refractivity contribution in [2.24, 2.45) is 5.16 Å². The molecule has 0 aliphatic rings. The van der Waals surface area contributed by atoms with Crippen LogP contribution >= 0.6 is 0 Å². The molecule has 1 aromatic heterocycles. The number of carbonyl (C=O) groups is 3. The summed E-state index contributed by atoms with van der Waals surface area (Å²) in [4.78, 5) is 35.0. The third-order valence-electron chi connectivity index (χ3n) is 6.08. The topological polar surface area (TPSA) is 129 Å². The minimum absolute atomic E-state index is 0. The molecule has 0 unspecified atom stereocenters. The molecule has 0 fully saturated rings. The second-order valence-corrected chi connectivity index (χ2v) is 8.56. The van der Waals surface area contributed by atoms with Crippen LogP contribution in [-0.4, -0.2) is 46.8 Å². The van der Waals surface area contributed by atoms with Crippen molar-refractivity contribution in [2.75, 3.05) is 7.11 Å². The lowest BCUT2D eigenvalue weighted by Gasteiger charge is -2.07. The van der Waals surface area contributed by atoms with Gasteiger partial charge < -0.3 is 29.6 Å². The molecule has 0 bridgehead atoms. The van der Waals surface area contributed by atoms with E-state index in [4.69, 9.17) is 14.4 Å². The number of benzene rings is 3. The number of aldehydes is 1. The molecule has 3 N–H and O–H groups in total. The van der Waals surface area contributed by atoms with Gasteiger partial charge in [0.05, 0.1) is 5.71 Å². The molecule has 4 rings (SSSR count). The van der Waals surface area contributed by atoms with Gasteiger partial charge in [0, 0.05) is 45.9 Å². The molecule has 0 saturated heterocycles. The number of aromatic hydroxyl groups is 1. The van der Waals surface area contributed by atoms with Gasteiger partial charge in [0.2, 0.25) is 0 Å². The van der Waals surface area contributed by atoms with Crippen LogP contribution in [0.3, 0.4) is 0 Å². The molecule has 0 saturated carbocycles. The number of fused-ring (bicyclic) bond motifs is 3. The largest absolute Gasteiger partial charge is 0.508 e. The number of ketones is 1. The molecule has 0 spiro atoms. The van der Waals surface area contributed by atoms with Crippen molar-refractivity contribution in [1.82, 2.24) is 4.57 Å². The number of carbonyl (C=O) groups excluding carboxylic acids is 3. The van der Waals surface area contributed by atoms with Gasteiger partial charge in [-0.1, -0.05) is 24.6 Å².